The summed E-state index contributed by atoms with van der Waals surface area (Å²) in [4.78, 5) is 23.6. The number of hydrogen-bond acceptors (Lipinski definition) is 4. The van der Waals surface area contributed by atoms with Crippen LogP contribution in [0.15, 0.2) is 34.4 Å². The number of rotatable bonds is 3. The first-order valence-electron chi connectivity index (χ1n) is 8.59. The van der Waals surface area contributed by atoms with E-state index in [4.69, 9.17) is 16.6 Å². The van der Waals surface area contributed by atoms with Crippen LogP contribution in [0, 0.1) is 5.92 Å². The van der Waals surface area contributed by atoms with Crippen molar-refractivity contribution in [3.05, 3.63) is 50.8 Å². The summed E-state index contributed by atoms with van der Waals surface area (Å²) in [5.41, 5.74) is 1.65. The van der Waals surface area contributed by atoms with Gasteiger partial charge in [0.2, 0.25) is 0 Å². The SMILES string of the molecule is CC1CCCN(Cc2nc3scc(-c4ccccc4Cl)c3c(=O)[nH]2)C1. The van der Waals surface area contributed by atoms with Crippen LogP contribution >= 0.6 is 22.9 Å². The highest BCUT2D eigenvalue weighted by atomic mass is 35.5. The summed E-state index contributed by atoms with van der Waals surface area (Å²) in [5, 5.41) is 3.25. The minimum Gasteiger partial charge on any atom is -0.309 e. The van der Waals surface area contributed by atoms with Crippen molar-refractivity contribution >= 4 is 33.2 Å². The Kier molecular flexibility index (Phi) is 4.63. The summed E-state index contributed by atoms with van der Waals surface area (Å²) in [7, 11) is 0. The number of fused-ring (bicyclic) bond motifs is 1. The summed E-state index contributed by atoms with van der Waals surface area (Å²) in [6.45, 7) is 5.12. The molecule has 2 aromatic heterocycles. The van der Waals surface area contributed by atoms with Gasteiger partial charge in [-0.3, -0.25) is 9.69 Å². The first-order valence-corrected chi connectivity index (χ1v) is 9.85. The van der Waals surface area contributed by atoms with Crippen LogP contribution in [0.5, 0.6) is 0 Å². The van der Waals surface area contributed by atoms with Gasteiger partial charge in [-0.05, 0) is 31.4 Å². The molecule has 0 radical (unpaired) electrons. The number of H-pyrrole nitrogens is 1. The first-order chi connectivity index (χ1) is 12.1. The van der Waals surface area contributed by atoms with Crippen LogP contribution in [-0.2, 0) is 6.54 Å². The molecule has 25 heavy (non-hydrogen) atoms. The van der Waals surface area contributed by atoms with E-state index in [1.807, 2.05) is 29.6 Å². The van der Waals surface area contributed by atoms with E-state index in [-0.39, 0.29) is 5.56 Å². The molecule has 1 unspecified atom stereocenters. The lowest BCUT2D eigenvalue weighted by molar-refractivity contribution is 0.173. The fraction of sp³-hybridized carbons (Fsp3) is 0.368. The van der Waals surface area contributed by atoms with Crippen LogP contribution < -0.4 is 5.56 Å². The van der Waals surface area contributed by atoms with Crippen molar-refractivity contribution in [2.24, 2.45) is 5.92 Å². The van der Waals surface area contributed by atoms with Gasteiger partial charge in [0.15, 0.2) is 0 Å². The van der Waals surface area contributed by atoms with E-state index in [9.17, 15) is 4.79 Å². The molecule has 1 N–H and O–H groups in total. The van der Waals surface area contributed by atoms with Crippen molar-refractivity contribution in [1.82, 2.24) is 14.9 Å². The number of nitrogens with zero attached hydrogens (tertiary/aromatic N) is 2. The van der Waals surface area contributed by atoms with Crippen molar-refractivity contribution < 1.29 is 0 Å². The zero-order valence-electron chi connectivity index (χ0n) is 14.1. The van der Waals surface area contributed by atoms with Gasteiger partial charge in [-0.2, -0.15) is 0 Å². The van der Waals surface area contributed by atoms with Gasteiger partial charge < -0.3 is 4.98 Å². The lowest BCUT2D eigenvalue weighted by Crippen LogP contribution is -2.34. The zero-order valence-corrected chi connectivity index (χ0v) is 15.7. The van der Waals surface area contributed by atoms with Gasteiger partial charge in [0.25, 0.3) is 5.56 Å². The molecule has 3 heterocycles. The van der Waals surface area contributed by atoms with Crippen molar-refractivity contribution in [3.63, 3.8) is 0 Å². The van der Waals surface area contributed by atoms with Crippen molar-refractivity contribution in [1.29, 1.82) is 0 Å². The number of aromatic nitrogens is 2. The number of nitrogens with one attached hydrogen (secondary N) is 1. The minimum absolute atomic E-state index is 0.0822. The molecule has 1 fully saturated rings. The standard InChI is InChI=1S/C19H20ClN3OS/c1-12-5-4-8-23(9-12)10-16-21-18(24)17-14(11-25-19(17)22-16)13-6-2-3-7-15(13)20/h2-3,6-7,11-12H,4-5,8-10H2,1H3,(H,21,22,24). The Balaban J connectivity index is 1.70. The van der Waals surface area contributed by atoms with Gasteiger partial charge in [0.05, 0.1) is 11.9 Å². The molecule has 1 atom stereocenters. The molecular weight excluding hydrogens is 354 g/mol. The molecule has 1 aliphatic heterocycles. The maximum atomic E-state index is 12.7. The van der Waals surface area contributed by atoms with Crippen LogP contribution in [0.2, 0.25) is 5.02 Å². The molecule has 130 valence electrons. The van der Waals surface area contributed by atoms with E-state index in [0.717, 1.165) is 34.9 Å². The number of halogens is 1. The summed E-state index contributed by atoms with van der Waals surface area (Å²) in [6, 6.07) is 7.60. The highest BCUT2D eigenvalue weighted by Gasteiger charge is 2.19. The van der Waals surface area contributed by atoms with Crippen molar-refractivity contribution in [2.45, 2.75) is 26.3 Å². The number of aromatic amines is 1. The van der Waals surface area contributed by atoms with Gasteiger partial charge >= 0.3 is 0 Å². The van der Waals surface area contributed by atoms with E-state index in [1.165, 1.54) is 24.2 Å². The van der Waals surface area contributed by atoms with Gasteiger partial charge in [0.1, 0.15) is 10.7 Å². The highest BCUT2D eigenvalue weighted by molar-refractivity contribution is 7.17. The summed E-state index contributed by atoms with van der Waals surface area (Å²) in [5.74, 6) is 1.46. The van der Waals surface area contributed by atoms with Crippen LogP contribution in [0.25, 0.3) is 21.3 Å². The Morgan fingerprint density at radius 3 is 3.00 bits per heavy atom. The van der Waals surface area contributed by atoms with Crippen LogP contribution in [-0.4, -0.2) is 28.0 Å². The van der Waals surface area contributed by atoms with Gasteiger partial charge in [-0.1, -0.05) is 36.7 Å². The Hall–Kier alpha value is -1.69. The molecule has 4 nitrogen and oxygen atoms in total. The van der Waals surface area contributed by atoms with E-state index in [0.29, 0.717) is 22.9 Å². The molecule has 0 aliphatic carbocycles. The Morgan fingerprint density at radius 1 is 1.36 bits per heavy atom. The lowest BCUT2D eigenvalue weighted by atomic mass is 10.0. The van der Waals surface area contributed by atoms with Crippen molar-refractivity contribution in [2.75, 3.05) is 13.1 Å². The van der Waals surface area contributed by atoms with E-state index in [1.54, 1.807) is 0 Å². The molecule has 0 amide bonds. The maximum absolute atomic E-state index is 12.7. The van der Waals surface area contributed by atoms with E-state index < -0.39 is 0 Å². The van der Waals surface area contributed by atoms with Crippen LogP contribution in [0.4, 0.5) is 0 Å². The molecule has 3 aromatic rings. The first kappa shape index (κ1) is 16.8. The normalized spacial score (nSPS) is 18.7. The largest absolute Gasteiger partial charge is 0.309 e. The number of hydrogen-bond donors (Lipinski definition) is 1. The number of thiophene rings is 1. The maximum Gasteiger partial charge on any atom is 0.260 e. The molecule has 0 saturated carbocycles. The van der Waals surface area contributed by atoms with Gasteiger partial charge in [-0.25, -0.2) is 4.98 Å². The minimum atomic E-state index is -0.0822. The van der Waals surface area contributed by atoms with Crippen LogP contribution in [0.3, 0.4) is 0 Å². The predicted molar refractivity (Wildman–Crippen MR) is 104 cm³/mol. The molecule has 0 spiro atoms. The predicted octanol–water partition coefficient (Wildman–Crippen LogP) is 4.54. The Bertz CT molecular complexity index is 965. The second-order valence-corrected chi connectivity index (χ2v) is 8.07. The van der Waals surface area contributed by atoms with E-state index in [2.05, 4.69) is 16.8 Å². The number of piperidine rings is 1. The molecular formula is C19H20ClN3OS. The third kappa shape index (κ3) is 3.36. The number of benzene rings is 1. The fourth-order valence-electron chi connectivity index (χ4n) is 3.59. The third-order valence-corrected chi connectivity index (χ3v) is 5.97. The molecule has 1 aromatic carbocycles. The second kappa shape index (κ2) is 6.90. The van der Waals surface area contributed by atoms with E-state index >= 15 is 0 Å². The highest BCUT2D eigenvalue weighted by Crippen LogP contribution is 2.34. The summed E-state index contributed by atoms with van der Waals surface area (Å²) >= 11 is 7.81. The monoisotopic (exact) mass is 373 g/mol. The summed E-state index contributed by atoms with van der Waals surface area (Å²) in [6.07, 6.45) is 2.49. The smallest absolute Gasteiger partial charge is 0.260 e. The summed E-state index contributed by atoms with van der Waals surface area (Å²) < 4.78 is 0. The zero-order chi connectivity index (χ0) is 17.4. The lowest BCUT2D eigenvalue weighted by Gasteiger charge is -2.30. The molecule has 6 heteroatoms. The molecule has 1 aliphatic rings. The number of likely N-dealkylation sites (tertiary alicyclic amines) is 1. The van der Waals surface area contributed by atoms with Gasteiger partial charge in [0, 0.05) is 28.1 Å². The third-order valence-electron chi connectivity index (χ3n) is 4.77. The average Bonchev–Trinajstić information content (AvgIpc) is 2.99. The Morgan fingerprint density at radius 2 is 2.20 bits per heavy atom. The molecule has 0 bridgehead atoms. The molecule has 1 saturated heterocycles. The Labute approximate surface area is 155 Å². The fourth-order valence-corrected chi connectivity index (χ4v) is 4.78. The van der Waals surface area contributed by atoms with Crippen LogP contribution in [0.1, 0.15) is 25.6 Å². The van der Waals surface area contributed by atoms with Crippen molar-refractivity contribution in [3.8, 4) is 11.1 Å². The topological polar surface area (TPSA) is 49.0 Å². The van der Waals surface area contributed by atoms with Gasteiger partial charge in [-0.15, -0.1) is 11.3 Å². The quantitative estimate of drug-likeness (QED) is 0.733. The second-order valence-electron chi connectivity index (χ2n) is 6.80. The molecule has 4 rings (SSSR count). The average molecular weight is 374 g/mol.